The Kier molecular flexibility index (Phi) is 5.94. The highest BCUT2D eigenvalue weighted by Gasteiger charge is 2.23. The van der Waals surface area contributed by atoms with Crippen LogP contribution in [0.3, 0.4) is 0 Å². The fraction of sp³-hybridized carbons (Fsp3) is 0.300. The maximum absolute atomic E-state index is 12.2. The van der Waals surface area contributed by atoms with E-state index >= 15 is 0 Å². The number of halogens is 1. The molecule has 0 fully saturated rings. The topological polar surface area (TPSA) is 67.2 Å². The van der Waals surface area contributed by atoms with Gasteiger partial charge in [-0.05, 0) is 48.4 Å². The number of nitrogens with zero attached hydrogens (tertiary/aromatic N) is 3. The van der Waals surface area contributed by atoms with E-state index in [1.165, 1.54) is 28.6 Å². The Morgan fingerprint density at radius 3 is 3.04 bits per heavy atom. The van der Waals surface area contributed by atoms with Crippen molar-refractivity contribution in [3.8, 4) is 0 Å². The summed E-state index contributed by atoms with van der Waals surface area (Å²) in [6.07, 6.45) is 6.55. The first-order chi connectivity index (χ1) is 13.6. The van der Waals surface area contributed by atoms with E-state index in [-0.39, 0.29) is 11.7 Å². The number of hydrogen-bond donors (Lipinski definition) is 1. The summed E-state index contributed by atoms with van der Waals surface area (Å²) in [6.45, 7) is 2.30. The van der Waals surface area contributed by atoms with Crippen molar-refractivity contribution in [2.75, 3.05) is 5.75 Å². The number of fused-ring (bicyclic) bond motifs is 3. The van der Waals surface area contributed by atoms with Crippen LogP contribution in [0.25, 0.3) is 10.2 Å². The standard InChI is InChI=1S/C20H19ClN4OS2/c1-12-2-7-15-16(8-12)28-20-18(15)19(22-11-23-20)27-10-17(26)25-24-9-13-3-5-14(21)6-4-13/h3-6,9,11-12H,2,7-8,10H2,1H3,(H,25,26)/b24-9+. The molecule has 144 valence electrons. The van der Waals surface area contributed by atoms with E-state index in [9.17, 15) is 4.79 Å². The van der Waals surface area contributed by atoms with Crippen molar-refractivity contribution in [3.05, 3.63) is 51.6 Å². The molecule has 5 nitrogen and oxygen atoms in total. The molecule has 0 saturated heterocycles. The van der Waals surface area contributed by atoms with Gasteiger partial charge in [-0.2, -0.15) is 5.10 Å². The summed E-state index contributed by atoms with van der Waals surface area (Å²) in [7, 11) is 0. The lowest BCUT2D eigenvalue weighted by Gasteiger charge is -2.18. The third-order valence-corrected chi connectivity index (χ3v) is 7.07. The normalized spacial score (nSPS) is 16.4. The first kappa shape index (κ1) is 19.4. The fourth-order valence-corrected chi connectivity index (χ4v) is 5.61. The van der Waals surface area contributed by atoms with Gasteiger partial charge in [0.2, 0.25) is 5.91 Å². The molecule has 0 bridgehead atoms. The van der Waals surface area contributed by atoms with Gasteiger partial charge in [0.05, 0.1) is 12.0 Å². The van der Waals surface area contributed by atoms with Gasteiger partial charge < -0.3 is 0 Å². The third-order valence-electron chi connectivity index (χ3n) is 4.67. The zero-order chi connectivity index (χ0) is 19.5. The number of hydrogen-bond acceptors (Lipinski definition) is 6. The Morgan fingerprint density at radius 2 is 2.21 bits per heavy atom. The Morgan fingerprint density at radius 1 is 1.39 bits per heavy atom. The number of amides is 1. The number of nitrogens with one attached hydrogen (secondary N) is 1. The molecule has 3 aromatic rings. The van der Waals surface area contributed by atoms with Crippen LogP contribution in [0.1, 0.15) is 29.3 Å². The second-order valence-corrected chi connectivity index (χ2v) is 9.33. The molecular weight excluding hydrogens is 412 g/mol. The summed E-state index contributed by atoms with van der Waals surface area (Å²) in [5.74, 6) is 0.805. The lowest BCUT2D eigenvalue weighted by atomic mass is 9.89. The molecule has 1 unspecified atom stereocenters. The number of rotatable bonds is 5. The zero-order valence-corrected chi connectivity index (χ0v) is 17.7. The minimum absolute atomic E-state index is 0.167. The van der Waals surface area contributed by atoms with E-state index in [2.05, 4.69) is 27.4 Å². The zero-order valence-electron chi connectivity index (χ0n) is 15.3. The molecule has 0 radical (unpaired) electrons. The van der Waals surface area contributed by atoms with Gasteiger partial charge in [0.15, 0.2) is 0 Å². The molecule has 1 aliphatic carbocycles. The molecule has 28 heavy (non-hydrogen) atoms. The Balaban J connectivity index is 1.41. The molecule has 1 aromatic carbocycles. The van der Waals surface area contributed by atoms with Crippen LogP contribution < -0.4 is 5.43 Å². The maximum atomic E-state index is 12.2. The van der Waals surface area contributed by atoms with Crippen molar-refractivity contribution in [1.29, 1.82) is 0 Å². The molecule has 1 amide bonds. The van der Waals surface area contributed by atoms with E-state index in [1.54, 1.807) is 36.0 Å². The predicted molar refractivity (Wildman–Crippen MR) is 117 cm³/mol. The van der Waals surface area contributed by atoms with Crippen LogP contribution in [0.5, 0.6) is 0 Å². The van der Waals surface area contributed by atoms with Crippen LogP contribution >= 0.6 is 34.7 Å². The van der Waals surface area contributed by atoms with Gasteiger partial charge in [0.25, 0.3) is 0 Å². The lowest BCUT2D eigenvalue weighted by molar-refractivity contribution is -0.118. The minimum atomic E-state index is -0.167. The van der Waals surface area contributed by atoms with E-state index in [0.29, 0.717) is 10.9 Å². The highest BCUT2D eigenvalue weighted by molar-refractivity contribution is 8.00. The van der Waals surface area contributed by atoms with Gasteiger partial charge in [-0.3, -0.25) is 4.79 Å². The van der Waals surface area contributed by atoms with E-state index in [0.717, 1.165) is 33.6 Å². The van der Waals surface area contributed by atoms with E-state index in [1.807, 2.05) is 12.1 Å². The Hall–Kier alpha value is -1.96. The van der Waals surface area contributed by atoms with Crippen molar-refractivity contribution < 1.29 is 4.79 Å². The van der Waals surface area contributed by atoms with Crippen LogP contribution in [0.15, 0.2) is 40.7 Å². The maximum Gasteiger partial charge on any atom is 0.250 e. The Labute approximate surface area is 176 Å². The smallest absolute Gasteiger partial charge is 0.250 e. The number of thioether (sulfide) groups is 1. The van der Waals surface area contributed by atoms with Gasteiger partial charge >= 0.3 is 0 Å². The summed E-state index contributed by atoms with van der Waals surface area (Å²) < 4.78 is 0. The molecule has 8 heteroatoms. The van der Waals surface area contributed by atoms with Crippen molar-refractivity contribution in [1.82, 2.24) is 15.4 Å². The molecular formula is C20H19ClN4OS2. The second kappa shape index (κ2) is 8.59. The van der Waals surface area contributed by atoms with Crippen molar-refractivity contribution in [2.45, 2.75) is 31.2 Å². The molecule has 1 aliphatic rings. The molecule has 1 N–H and O–H groups in total. The van der Waals surface area contributed by atoms with Gasteiger partial charge in [0.1, 0.15) is 16.2 Å². The lowest BCUT2D eigenvalue weighted by Crippen LogP contribution is -2.19. The SMILES string of the molecule is CC1CCc2c(sc3ncnc(SCC(=O)N/N=C/c4ccc(Cl)cc4)c23)C1. The highest BCUT2D eigenvalue weighted by atomic mass is 35.5. The Bertz CT molecular complexity index is 1030. The summed E-state index contributed by atoms with van der Waals surface area (Å²) in [4.78, 5) is 23.5. The summed E-state index contributed by atoms with van der Waals surface area (Å²) in [6, 6.07) is 7.24. The van der Waals surface area contributed by atoms with Gasteiger partial charge in [0, 0.05) is 15.3 Å². The average Bonchev–Trinajstić information content (AvgIpc) is 3.06. The third kappa shape index (κ3) is 4.37. The van der Waals surface area contributed by atoms with Crippen molar-refractivity contribution in [2.24, 2.45) is 11.0 Å². The molecule has 0 aliphatic heterocycles. The quantitative estimate of drug-likeness (QED) is 0.275. The van der Waals surface area contributed by atoms with Crippen LogP contribution in [0, 0.1) is 5.92 Å². The number of carbonyl (C=O) groups is 1. The highest BCUT2D eigenvalue weighted by Crippen LogP contribution is 2.40. The van der Waals surface area contributed by atoms with Gasteiger partial charge in [-0.25, -0.2) is 15.4 Å². The monoisotopic (exact) mass is 430 g/mol. The molecule has 1 atom stereocenters. The summed E-state index contributed by atoms with van der Waals surface area (Å²) in [5, 5.41) is 6.69. The minimum Gasteiger partial charge on any atom is -0.272 e. The number of carbonyl (C=O) groups excluding carboxylic acids is 1. The molecule has 2 aromatic heterocycles. The van der Waals surface area contributed by atoms with Crippen LogP contribution in [0.4, 0.5) is 0 Å². The summed E-state index contributed by atoms with van der Waals surface area (Å²) in [5.41, 5.74) is 4.81. The molecule has 4 rings (SSSR count). The van der Waals surface area contributed by atoms with Crippen LogP contribution in [0.2, 0.25) is 5.02 Å². The number of thiophene rings is 1. The predicted octanol–water partition coefficient (Wildman–Crippen LogP) is 4.71. The number of aryl methyl sites for hydroxylation is 1. The van der Waals surface area contributed by atoms with Crippen molar-refractivity contribution in [3.63, 3.8) is 0 Å². The van der Waals surface area contributed by atoms with Crippen LogP contribution in [-0.2, 0) is 17.6 Å². The fourth-order valence-electron chi connectivity index (χ4n) is 3.25. The van der Waals surface area contributed by atoms with E-state index in [4.69, 9.17) is 11.6 Å². The summed E-state index contributed by atoms with van der Waals surface area (Å²) >= 11 is 9.06. The number of benzene rings is 1. The largest absolute Gasteiger partial charge is 0.272 e. The first-order valence-electron chi connectivity index (χ1n) is 9.05. The molecule has 2 heterocycles. The van der Waals surface area contributed by atoms with Gasteiger partial charge in [-0.1, -0.05) is 42.4 Å². The number of hydrazone groups is 1. The molecule has 0 spiro atoms. The first-order valence-corrected chi connectivity index (χ1v) is 11.2. The number of aromatic nitrogens is 2. The second-order valence-electron chi connectivity index (χ2n) is 6.84. The van der Waals surface area contributed by atoms with Crippen molar-refractivity contribution >= 4 is 57.0 Å². The van der Waals surface area contributed by atoms with Crippen LogP contribution in [-0.4, -0.2) is 27.8 Å². The molecule has 0 saturated carbocycles. The van der Waals surface area contributed by atoms with Gasteiger partial charge in [-0.15, -0.1) is 11.3 Å². The van der Waals surface area contributed by atoms with E-state index < -0.39 is 0 Å². The average molecular weight is 431 g/mol.